The number of carbonyl (C=O) groups excluding carboxylic acids is 2. The molecule has 1 aromatic heterocycles. The van der Waals surface area contributed by atoms with Crippen LogP contribution in [0.4, 0.5) is 16.2 Å². The summed E-state index contributed by atoms with van der Waals surface area (Å²) in [6.07, 6.45) is 0.836. The lowest BCUT2D eigenvalue weighted by Gasteiger charge is -2.46. The number of nitrogens with one attached hydrogen (secondary N) is 1. The molecule has 0 radical (unpaired) electrons. The van der Waals surface area contributed by atoms with E-state index in [9.17, 15) is 9.59 Å². The first-order valence-corrected chi connectivity index (χ1v) is 10.2. The summed E-state index contributed by atoms with van der Waals surface area (Å²) in [7, 11) is 3.58. The summed E-state index contributed by atoms with van der Waals surface area (Å²) in [6.45, 7) is 2.21. The van der Waals surface area contributed by atoms with E-state index in [1.807, 2.05) is 51.9 Å². The topological polar surface area (TPSA) is 65.1 Å². The Balaban J connectivity index is 1.47. The molecule has 1 atom stereocenters. The van der Waals surface area contributed by atoms with Crippen LogP contribution in [0.1, 0.15) is 6.42 Å². The maximum atomic E-state index is 12.8. The number of hydrogen-bond donors (Lipinski definition) is 1. The van der Waals surface area contributed by atoms with Gasteiger partial charge in [-0.05, 0) is 37.0 Å². The monoisotopic (exact) mass is 400 g/mol. The van der Waals surface area contributed by atoms with Gasteiger partial charge in [-0.25, -0.2) is 4.79 Å². The molecule has 0 aliphatic carbocycles. The van der Waals surface area contributed by atoms with Crippen molar-refractivity contribution in [3.05, 3.63) is 41.1 Å². The maximum absolute atomic E-state index is 12.8. The molecule has 2 fully saturated rings. The highest BCUT2D eigenvalue weighted by Crippen LogP contribution is 2.34. The molecule has 148 valence electrons. The van der Waals surface area contributed by atoms with Crippen molar-refractivity contribution >= 4 is 34.6 Å². The number of benzene rings is 1. The Morgan fingerprint density at radius 1 is 1.29 bits per heavy atom. The number of likely N-dealkylation sites (tertiary alicyclic amines) is 1. The van der Waals surface area contributed by atoms with Crippen LogP contribution < -0.4 is 15.0 Å². The van der Waals surface area contributed by atoms with Crippen LogP contribution in [0, 0.1) is 0 Å². The Kier molecular flexibility index (Phi) is 4.99. The predicted octanol–water partition coefficient (Wildman–Crippen LogP) is 2.71. The Morgan fingerprint density at radius 3 is 2.89 bits per heavy atom. The largest absolute Gasteiger partial charge is 0.497 e. The van der Waals surface area contributed by atoms with E-state index in [0.717, 1.165) is 12.1 Å². The van der Waals surface area contributed by atoms with Gasteiger partial charge in [0.1, 0.15) is 5.75 Å². The van der Waals surface area contributed by atoms with Crippen molar-refractivity contribution < 1.29 is 14.3 Å². The standard InChI is InChI=1S/C20H24N4O3S/c1-22-11-18(25)24(16-6-9-28-12-16)14-20(22)7-8-23(13-20)19(26)21-15-4-3-5-17(10-15)27-2/h3-6,9-10,12H,7-8,11,13-14H2,1-2H3,(H,21,26)/t20-/m0/s1. The molecule has 3 amide bonds. The van der Waals surface area contributed by atoms with Gasteiger partial charge in [0.15, 0.2) is 0 Å². The molecule has 4 rings (SSSR count). The molecule has 8 heteroatoms. The Labute approximate surface area is 168 Å². The number of piperazine rings is 1. The zero-order valence-electron chi connectivity index (χ0n) is 16.1. The minimum atomic E-state index is -0.221. The van der Waals surface area contributed by atoms with Crippen molar-refractivity contribution in [2.75, 3.05) is 50.6 Å². The molecular weight excluding hydrogens is 376 g/mol. The molecule has 0 saturated carbocycles. The molecule has 1 spiro atoms. The lowest BCUT2D eigenvalue weighted by molar-refractivity contribution is -0.123. The molecule has 2 aromatic rings. The van der Waals surface area contributed by atoms with Crippen LogP contribution in [-0.2, 0) is 4.79 Å². The Morgan fingerprint density at radius 2 is 2.14 bits per heavy atom. The number of amides is 3. The summed E-state index contributed by atoms with van der Waals surface area (Å²) in [5.41, 5.74) is 1.43. The first-order valence-electron chi connectivity index (χ1n) is 9.24. The highest BCUT2D eigenvalue weighted by molar-refractivity contribution is 7.08. The lowest BCUT2D eigenvalue weighted by Crippen LogP contribution is -2.64. The maximum Gasteiger partial charge on any atom is 0.321 e. The van der Waals surface area contributed by atoms with Gasteiger partial charge < -0.3 is 19.9 Å². The summed E-state index contributed by atoms with van der Waals surface area (Å²) in [4.78, 5) is 31.1. The van der Waals surface area contributed by atoms with E-state index in [2.05, 4.69) is 10.2 Å². The molecule has 7 nitrogen and oxygen atoms in total. The minimum Gasteiger partial charge on any atom is -0.497 e. The number of thiophene rings is 1. The van der Waals surface area contributed by atoms with Crippen molar-refractivity contribution in [2.45, 2.75) is 12.0 Å². The van der Waals surface area contributed by atoms with E-state index in [0.29, 0.717) is 37.6 Å². The van der Waals surface area contributed by atoms with Crippen molar-refractivity contribution in [1.29, 1.82) is 0 Å². The predicted molar refractivity (Wildman–Crippen MR) is 110 cm³/mol. The van der Waals surface area contributed by atoms with Crippen molar-refractivity contribution in [2.24, 2.45) is 0 Å². The van der Waals surface area contributed by atoms with Crippen molar-refractivity contribution in [3.63, 3.8) is 0 Å². The molecule has 0 bridgehead atoms. The number of ether oxygens (including phenoxy) is 1. The fourth-order valence-electron chi connectivity index (χ4n) is 3.98. The molecule has 0 unspecified atom stereocenters. The number of carbonyl (C=O) groups is 2. The van der Waals surface area contributed by atoms with Gasteiger partial charge in [0, 0.05) is 36.8 Å². The number of hydrogen-bond acceptors (Lipinski definition) is 5. The van der Waals surface area contributed by atoms with Crippen LogP contribution in [-0.4, -0.2) is 67.6 Å². The van der Waals surface area contributed by atoms with E-state index in [1.165, 1.54) is 0 Å². The van der Waals surface area contributed by atoms with Crippen LogP contribution >= 0.6 is 11.3 Å². The van der Waals surface area contributed by atoms with Crippen LogP contribution in [0.25, 0.3) is 0 Å². The van der Waals surface area contributed by atoms with Gasteiger partial charge in [-0.1, -0.05) is 6.07 Å². The van der Waals surface area contributed by atoms with Crippen LogP contribution in [0.15, 0.2) is 41.1 Å². The molecule has 2 aliphatic heterocycles. The van der Waals surface area contributed by atoms with Gasteiger partial charge in [0.25, 0.3) is 0 Å². The highest BCUT2D eigenvalue weighted by Gasteiger charge is 2.48. The number of likely N-dealkylation sites (N-methyl/N-ethyl adjacent to an activating group) is 1. The SMILES string of the molecule is COc1cccc(NC(=O)N2CC[C@]3(C2)CN(c2ccsc2)C(=O)CN3C)c1. The minimum absolute atomic E-state index is 0.103. The van der Waals surface area contributed by atoms with Crippen molar-refractivity contribution in [3.8, 4) is 5.75 Å². The number of rotatable bonds is 3. The molecule has 1 aromatic carbocycles. The number of urea groups is 1. The average Bonchev–Trinajstić information content (AvgIpc) is 3.36. The Bertz CT molecular complexity index is 872. The lowest BCUT2D eigenvalue weighted by atomic mass is 9.93. The third-order valence-corrected chi connectivity index (χ3v) is 6.36. The average molecular weight is 401 g/mol. The normalized spacial score (nSPS) is 22.7. The number of anilines is 2. The summed E-state index contributed by atoms with van der Waals surface area (Å²) >= 11 is 1.58. The first-order chi connectivity index (χ1) is 13.5. The third-order valence-electron chi connectivity index (χ3n) is 5.69. The number of methoxy groups -OCH3 is 1. The molecule has 2 saturated heterocycles. The fourth-order valence-corrected chi connectivity index (χ4v) is 4.62. The summed E-state index contributed by atoms with van der Waals surface area (Å²) in [5.74, 6) is 0.804. The van der Waals surface area contributed by atoms with E-state index < -0.39 is 0 Å². The van der Waals surface area contributed by atoms with E-state index >= 15 is 0 Å². The van der Waals surface area contributed by atoms with Gasteiger partial charge in [-0.2, -0.15) is 11.3 Å². The first kappa shape index (κ1) is 18.8. The highest BCUT2D eigenvalue weighted by atomic mass is 32.1. The second kappa shape index (κ2) is 7.44. The second-order valence-corrected chi connectivity index (χ2v) is 8.16. The summed E-state index contributed by atoms with van der Waals surface area (Å²) in [5, 5.41) is 6.93. The van der Waals surface area contributed by atoms with E-state index in [4.69, 9.17) is 4.74 Å². The molecule has 28 heavy (non-hydrogen) atoms. The quantitative estimate of drug-likeness (QED) is 0.860. The van der Waals surface area contributed by atoms with Gasteiger partial charge in [0.2, 0.25) is 5.91 Å². The molecule has 3 heterocycles. The van der Waals surface area contributed by atoms with E-state index in [-0.39, 0.29) is 17.5 Å². The van der Waals surface area contributed by atoms with Crippen molar-refractivity contribution in [1.82, 2.24) is 9.80 Å². The summed E-state index contributed by atoms with van der Waals surface area (Å²) in [6, 6.07) is 9.18. The summed E-state index contributed by atoms with van der Waals surface area (Å²) < 4.78 is 5.22. The molecule has 2 aliphatic rings. The van der Waals surface area contributed by atoms with Gasteiger partial charge in [0.05, 0.1) is 24.9 Å². The van der Waals surface area contributed by atoms with E-state index in [1.54, 1.807) is 24.5 Å². The van der Waals surface area contributed by atoms with Crippen LogP contribution in [0.3, 0.4) is 0 Å². The van der Waals surface area contributed by atoms with Crippen LogP contribution in [0.2, 0.25) is 0 Å². The number of nitrogens with zero attached hydrogens (tertiary/aromatic N) is 3. The smallest absolute Gasteiger partial charge is 0.321 e. The molecule has 1 N–H and O–H groups in total. The Hall–Kier alpha value is -2.58. The zero-order valence-corrected chi connectivity index (χ0v) is 16.9. The van der Waals surface area contributed by atoms with Gasteiger partial charge >= 0.3 is 6.03 Å². The van der Waals surface area contributed by atoms with Gasteiger partial charge in [-0.15, -0.1) is 0 Å². The zero-order chi connectivity index (χ0) is 19.7. The third kappa shape index (κ3) is 3.45. The second-order valence-electron chi connectivity index (χ2n) is 7.38. The molecular formula is C20H24N4O3S. The fraction of sp³-hybridized carbons (Fsp3) is 0.400. The van der Waals surface area contributed by atoms with Gasteiger partial charge in [-0.3, -0.25) is 9.69 Å². The van der Waals surface area contributed by atoms with Crippen LogP contribution in [0.5, 0.6) is 5.75 Å².